The molecule has 6 heteroatoms. The largest absolute Gasteiger partial charge is 0.341 e. The van der Waals surface area contributed by atoms with Crippen molar-refractivity contribution in [1.82, 2.24) is 9.80 Å². The summed E-state index contributed by atoms with van der Waals surface area (Å²) in [6.07, 6.45) is 0.808. The van der Waals surface area contributed by atoms with Crippen LogP contribution in [0.5, 0.6) is 0 Å². The molecule has 1 atom stereocenters. The fraction of sp³-hybridized carbons (Fsp3) is 0.538. The summed E-state index contributed by atoms with van der Waals surface area (Å²) in [5.74, 6) is 0.0182. The van der Waals surface area contributed by atoms with Gasteiger partial charge in [-0.05, 0) is 17.9 Å². The van der Waals surface area contributed by atoms with Gasteiger partial charge in [0.1, 0.15) is 6.04 Å². The molecule has 0 bridgehead atoms. The quantitative estimate of drug-likeness (QED) is 0.873. The van der Waals surface area contributed by atoms with Crippen molar-refractivity contribution in [3.05, 3.63) is 22.4 Å². The fourth-order valence-electron chi connectivity index (χ4n) is 2.24. The lowest BCUT2D eigenvalue weighted by Gasteiger charge is -2.24. The predicted molar refractivity (Wildman–Crippen MR) is 74.7 cm³/mol. The normalized spacial score (nSPS) is 18.0. The van der Waals surface area contributed by atoms with E-state index in [-0.39, 0.29) is 11.8 Å². The third-order valence-corrected chi connectivity index (χ3v) is 4.32. The molecule has 0 saturated carbocycles. The van der Waals surface area contributed by atoms with E-state index in [2.05, 4.69) is 0 Å². The van der Waals surface area contributed by atoms with Crippen LogP contribution in [0.15, 0.2) is 17.5 Å². The molecule has 19 heavy (non-hydrogen) atoms. The number of hydrogen-bond acceptors (Lipinski definition) is 4. The molecule has 1 aliphatic heterocycles. The number of carbonyl (C=O) groups excluding carboxylic acids is 2. The molecular weight excluding hydrogens is 262 g/mol. The first-order valence-electron chi connectivity index (χ1n) is 6.43. The number of hydrogen-bond donors (Lipinski definition) is 1. The highest BCUT2D eigenvalue weighted by Crippen LogP contribution is 2.19. The van der Waals surface area contributed by atoms with Crippen LogP contribution < -0.4 is 5.73 Å². The smallest absolute Gasteiger partial charge is 0.244 e. The Hall–Kier alpha value is -1.40. The summed E-state index contributed by atoms with van der Waals surface area (Å²) in [7, 11) is 0. The zero-order valence-electron chi connectivity index (χ0n) is 11.0. The first-order chi connectivity index (χ1) is 9.09. The summed E-state index contributed by atoms with van der Waals surface area (Å²) in [6.45, 7) is 4.11. The van der Waals surface area contributed by atoms with Crippen LogP contribution in [-0.2, 0) is 9.59 Å². The van der Waals surface area contributed by atoms with E-state index in [4.69, 9.17) is 5.73 Å². The molecule has 0 spiro atoms. The lowest BCUT2D eigenvalue weighted by molar-refractivity contribution is -0.133. The maximum absolute atomic E-state index is 12.3. The Bertz CT molecular complexity index is 447. The summed E-state index contributed by atoms with van der Waals surface area (Å²) in [5, 5.41) is 1.92. The molecule has 2 N–H and O–H groups in total. The van der Waals surface area contributed by atoms with Gasteiger partial charge in [-0.25, -0.2) is 0 Å². The van der Waals surface area contributed by atoms with Crippen molar-refractivity contribution in [3.63, 3.8) is 0 Å². The number of rotatable bonds is 2. The van der Waals surface area contributed by atoms with E-state index in [0.29, 0.717) is 26.2 Å². The Balaban J connectivity index is 1.98. The van der Waals surface area contributed by atoms with Gasteiger partial charge in [-0.1, -0.05) is 6.07 Å². The lowest BCUT2D eigenvalue weighted by Crippen LogP contribution is -2.41. The maximum atomic E-state index is 12.3. The van der Waals surface area contributed by atoms with Crippen molar-refractivity contribution in [3.8, 4) is 0 Å². The van der Waals surface area contributed by atoms with Crippen molar-refractivity contribution in [2.45, 2.75) is 19.4 Å². The van der Waals surface area contributed by atoms with Crippen LogP contribution in [0.25, 0.3) is 0 Å². The number of thiophene rings is 1. The van der Waals surface area contributed by atoms with Crippen molar-refractivity contribution < 1.29 is 9.59 Å². The average Bonchev–Trinajstić information content (AvgIpc) is 2.80. The third kappa shape index (κ3) is 3.33. The van der Waals surface area contributed by atoms with E-state index in [1.54, 1.807) is 16.7 Å². The van der Waals surface area contributed by atoms with E-state index >= 15 is 0 Å². The topological polar surface area (TPSA) is 66.6 Å². The molecule has 5 nitrogen and oxygen atoms in total. The van der Waals surface area contributed by atoms with Crippen LogP contribution in [-0.4, -0.2) is 47.8 Å². The molecule has 104 valence electrons. The molecule has 2 amide bonds. The highest BCUT2D eigenvalue weighted by molar-refractivity contribution is 7.10. The van der Waals surface area contributed by atoms with Gasteiger partial charge in [0, 0.05) is 38.0 Å². The van der Waals surface area contributed by atoms with Crippen LogP contribution >= 0.6 is 11.3 Å². The van der Waals surface area contributed by atoms with Crippen molar-refractivity contribution in [2.24, 2.45) is 5.73 Å². The summed E-state index contributed by atoms with van der Waals surface area (Å²) in [5.41, 5.74) is 6.00. The van der Waals surface area contributed by atoms with Gasteiger partial charge >= 0.3 is 0 Å². The Morgan fingerprint density at radius 1 is 1.26 bits per heavy atom. The van der Waals surface area contributed by atoms with E-state index in [1.807, 2.05) is 17.5 Å². The standard InChI is InChI=1S/C13H19N3O2S/c1-10(17)15-5-3-6-16(8-7-15)13(18)12(14)11-4-2-9-19-11/h2,4,9,12H,3,5-8,14H2,1H3. The van der Waals surface area contributed by atoms with Gasteiger partial charge in [-0.15, -0.1) is 11.3 Å². The van der Waals surface area contributed by atoms with Crippen molar-refractivity contribution in [2.75, 3.05) is 26.2 Å². The molecule has 1 aliphatic rings. The van der Waals surface area contributed by atoms with Gasteiger partial charge in [0.25, 0.3) is 0 Å². The van der Waals surface area contributed by atoms with Crippen LogP contribution in [0, 0.1) is 0 Å². The Morgan fingerprint density at radius 2 is 1.95 bits per heavy atom. The van der Waals surface area contributed by atoms with E-state index < -0.39 is 6.04 Å². The monoisotopic (exact) mass is 281 g/mol. The fourth-order valence-corrected chi connectivity index (χ4v) is 2.96. The summed E-state index contributed by atoms with van der Waals surface area (Å²) < 4.78 is 0. The lowest BCUT2D eigenvalue weighted by atomic mass is 10.2. The minimum absolute atomic E-state index is 0.0483. The van der Waals surface area contributed by atoms with Crippen LogP contribution in [0.1, 0.15) is 24.3 Å². The van der Waals surface area contributed by atoms with Crippen molar-refractivity contribution >= 4 is 23.2 Å². The minimum Gasteiger partial charge on any atom is -0.341 e. The third-order valence-electron chi connectivity index (χ3n) is 3.37. The minimum atomic E-state index is -0.580. The molecule has 1 saturated heterocycles. The molecule has 1 aromatic heterocycles. The number of amides is 2. The second-order valence-electron chi connectivity index (χ2n) is 4.68. The zero-order chi connectivity index (χ0) is 13.8. The maximum Gasteiger partial charge on any atom is 0.244 e. The average molecular weight is 281 g/mol. The molecule has 1 unspecified atom stereocenters. The molecule has 1 fully saturated rings. The van der Waals surface area contributed by atoms with E-state index in [1.165, 1.54) is 11.3 Å². The van der Waals surface area contributed by atoms with Gasteiger partial charge in [0.2, 0.25) is 11.8 Å². The molecule has 2 rings (SSSR count). The van der Waals surface area contributed by atoms with Crippen LogP contribution in [0.3, 0.4) is 0 Å². The van der Waals surface area contributed by atoms with E-state index in [0.717, 1.165) is 11.3 Å². The van der Waals surface area contributed by atoms with Gasteiger partial charge < -0.3 is 15.5 Å². The number of nitrogens with two attached hydrogens (primary N) is 1. The van der Waals surface area contributed by atoms with Crippen LogP contribution in [0.4, 0.5) is 0 Å². The second kappa shape index (κ2) is 6.16. The van der Waals surface area contributed by atoms with Crippen LogP contribution in [0.2, 0.25) is 0 Å². The zero-order valence-corrected chi connectivity index (χ0v) is 11.9. The molecule has 0 aromatic carbocycles. The van der Waals surface area contributed by atoms with Gasteiger partial charge in [0.05, 0.1) is 0 Å². The van der Waals surface area contributed by atoms with E-state index in [9.17, 15) is 9.59 Å². The van der Waals surface area contributed by atoms with Gasteiger partial charge in [0.15, 0.2) is 0 Å². The SMILES string of the molecule is CC(=O)N1CCCN(C(=O)C(N)c2cccs2)CC1. The van der Waals surface area contributed by atoms with Gasteiger partial charge in [-0.2, -0.15) is 0 Å². The summed E-state index contributed by atoms with van der Waals surface area (Å²) in [6, 6.07) is 3.20. The molecule has 1 aromatic rings. The Kier molecular flexibility index (Phi) is 4.55. The summed E-state index contributed by atoms with van der Waals surface area (Å²) in [4.78, 5) is 28.1. The highest BCUT2D eigenvalue weighted by atomic mass is 32.1. The first kappa shape index (κ1) is 14.0. The van der Waals surface area contributed by atoms with Crippen molar-refractivity contribution in [1.29, 1.82) is 0 Å². The molecule has 0 aliphatic carbocycles. The first-order valence-corrected chi connectivity index (χ1v) is 7.31. The molecular formula is C13H19N3O2S. The summed E-state index contributed by atoms with van der Waals surface area (Å²) >= 11 is 1.50. The Labute approximate surface area is 117 Å². The highest BCUT2D eigenvalue weighted by Gasteiger charge is 2.25. The number of carbonyl (C=O) groups is 2. The van der Waals surface area contributed by atoms with Gasteiger partial charge in [-0.3, -0.25) is 9.59 Å². The predicted octanol–water partition coefficient (Wildman–Crippen LogP) is 0.829. The molecule has 0 radical (unpaired) electrons. The Morgan fingerprint density at radius 3 is 2.58 bits per heavy atom. The second-order valence-corrected chi connectivity index (χ2v) is 5.66. The number of nitrogens with zero attached hydrogens (tertiary/aromatic N) is 2. The molecule has 2 heterocycles.